The van der Waals surface area contributed by atoms with Crippen LogP contribution in [0.15, 0.2) is 16.6 Å². The second kappa shape index (κ2) is 7.38. The molecule has 0 saturated heterocycles. The van der Waals surface area contributed by atoms with E-state index < -0.39 is 5.97 Å². The minimum Gasteiger partial charge on any atom is -0.489 e. The van der Waals surface area contributed by atoms with E-state index in [0.717, 1.165) is 23.7 Å². The van der Waals surface area contributed by atoms with Crippen molar-refractivity contribution in [2.24, 2.45) is 0 Å². The van der Waals surface area contributed by atoms with Crippen LogP contribution in [0.25, 0.3) is 0 Å². The highest BCUT2D eigenvalue weighted by molar-refractivity contribution is 9.10. The fourth-order valence-electron chi connectivity index (χ4n) is 1.79. The van der Waals surface area contributed by atoms with Crippen LogP contribution in [0.2, 0.25) is 0 Å². The van der Waals surface area contributed by atoms with Gasteiger partial charge in [0, 0.05) is 5.69 Å². The predicted molar refractivity (Wildman–Crippen MR) is 79.5 cm³/mol. The van der Waals surface area contributed by atoms with Gasteiger partial charge in [-0.15, -0.1) is 0 Å². The second-order valence-corrected chi connectivity index (χ2v) is 5.15. The average molecular weight is 330 g/mol. The molecule has 4 nitrogen and oxygen atoms in total. The van der Waals surface area contributed by atoms with Crippen LogP contribution in [-0.2, 0) is 4.74 Å². The first-order valence-corrected chi connectivity index (χ1v) is 7.16. The molecule has 0 radical (unpaired) electrons. The van der Waals surface area contributed by atoms with Crippen LogP contribution >= 0.6 is 15.9 Å². The van der Waals surface area contributed by atoms with Gasteiger partial charge in [-0.05, 0) is 40.9 Å². The molecule has 1 aromatic rings. The van der Waals surface area contributed by atoms with Crippen LogP contribution in [0, 0.1) is 0 Å². The first kappa shape index (κ1) is 15.8. The predicted octanol–water partition coefficient (Wildman–Crippen LogP) is 3.78. The first-order chi connectivity index (χ1) is 9.03. The van der Waals surface area contributed by atoms with E-state index in [-0.39, 0.29) is 6.10 Å². The number of hydrogen-bond acceptors (Lipinski definition) is 4. The summed E-state index contributed by atoms with van der Waals surface area (Å²) in [6, 6.07) is 3.30. The van der Waals surface area contributed by atoms with Gasteiger partial charge in [0.1, 0.15) is 5.75 Å². The molecule has 5 heteroatoms. The third-order valence-corrected chi connectivity index (χ3v) is 3.49. The van der Waals surface area contributed by atoms with Gasteiger partial charge in [-0.1, -0.05) is 20.3 Å². The van der Waals surface area contributed by atoms with Crippen molar-refractivity contribution in [3.8, 4) is 5.75 Å². The number of hydrogen-bond donors (Lipinski definition) is 1. The molecule has 0 fully saturated rings. The molecule has 2 N–H and O–H groups in total. The molecule has 0 spiro atoms. The highest BCUT2D eigenvalue weighted by Gasteiger charge is 2.16. The molecule has 0 aliphatic rings. The summed E-state index contributed by atoms with van der Waals surface area (Å²) in [6.45, 7) is 4.19. The number of ether oxygens (including phenoxy) is 2. The molecule has 1 atom stereocenters. The molecule has 0 aliphatic carbocycles. The van der Waals surface area contributed by atoms with Crippen LogP contribution in [0.5, 0.6) is 5.75 Å². The van der Waals surface area contributed by atoms with E-state index in [1.165, 1.54) is 7.11 Å². The van der Waals surface area contributed by atoms with Gasteiger partial charge in [-0.2, -0.15) is 0 Å². The quantitative estimate of drug-likeness (QED) is 0.637. The van der Waals surface area contributed by atoms with Crippen LogP contribution in [0.1, 0.15) is 43.5 Å². The number of anilines is 1. The number of benzene rings is 1. The maximum atomic E-state index is 11.6. The fourth-order valence-corrected chi connectivity index (χ4v) is 2.25. The molecule has 1 rings (SSSR count). The third kappa shape index (κ3) is 4.13. The molecule has 0 amide bonds. The lowest BCUT2D eigenvalue weighted by Crippen LogP contribution is -2.16. The SMILES string of the molecule is CCCC(CC)Oc1cc(C(=O)OC)c(N)cc1Br. The van der Waals surface area contributed by atoms with Crippen LogP contribution < -0.4 is 10.5 Å². The summed E-state index contributed by atoms with van der Waals surface area (Å²) in [5.74, 6) is 0.160. The molecule has 106 valence electrons. The Morgan fingerprint density at radius 3 is 2.63 bits per heavy atom. The molecule has 1 aromatic carbocycles. The Hall–Kier alpha value is -1.23. The van der Waals surface area contributed by atoms with E-state index in [2.05, 4.69) is 29.8 Å². The minimum absolute atomic E-state index is 0.135. The third-order valence-electron chi connectivity index (χ3n) is 2.87. The van der Waals surface area contributed by atoms with Gasteiger partial charge in [0.05, 0.1) is 23.2 Å². The summed E-state index contributed by atoms with van der Waals surface area (Å²) in [7, 11) is 1.33. The summed E-state index contributed by atoms with van der Waals surface area (Å²) >= 11 is 3.40. The molecule has 0 heterocycles. The van der Waals surface area contributed by atoms with Crippen LogP contribution in [0.3, 0.4) is 0 Å². The van der Waals surface area contributed by atoms with Crippen molar-refractivity contribution < 1.29 is 14.3 Å². The normalized spacial score (nSPS) is 12.0. The number of rotatable bonds is 6. The molecule has 0 aliphatic heterocycles. The Bertz CT molecular complexity index is 449. The lowest BCUT2D eigenvalue weighted by molar-refractivity contribution is 0.0601. The van der Waals surface area contributed by atoms with E-state index in [4.69, 9.17) is 15.2 Å². The van der Waals surface area contributed by atoms with Crippen LogP contribution in [0.4, 0.5) is 5.69 Å². The topological polar surface area (TPSA) is 61.5 Å². The highest BCUT2D eigenvalue weighted by Crippen LogP contribution is 2.32. The Labute approximate surface area is 122 Å². The summed E-state index contributed by atoms with van der Waals surface area (Å²) in [4.78, 5) is 11.6. The van der Waals surface area contributed by atoms with Gasteiger partial charge >= 0.3 is 5.97 Å². The van der Waals surface area contributed by atoms with Crippen molar-refractivity contribution in [1.82, 2.24) is 0 Å². The molecular weight excluding hydrogens is 310 g/mol. The number of halogens is 1. The van der Waals surface area contributed by atoms with Gasteiger partial charge in [0.25, 0.3) is 0 Å². The standard InChI is InChI=1S/C14H20BrNO3/c1-4-6-9(5-2)19-13-7-10(14(17)18-3)12(16)8-11(13)15/h7-9H,4-6,16H2,1-3H3. The van der Waals surface area contributed by atoms with E-state index in [1.807, 2.05) is 0 Å². The summed E-state index contributed by atoms with van der Waals surface area (Å²) in [5.41, 5.74) is 6.50. The van der Waals surface area contributed by atoms with Crippen molar-refractivity contribution in [1.29, 1.82) is 0 Å². The Balaban J connectivity index is 3.03. The summed E-state index contributed by atoms with van der Waals surface area (Å²) in [6.07, 6.45) is 3.07. The van der Waals surface area contributed by atoms with Crippen molar-refractivity contribution >= 4 is 27.6 Å². The maximum Gasteiger partial charge on any atom is 0.340 e. The van der Waals surface area contributed by atoms with Gasteiger partial charge in [-0.25, -0.2) is 4.79 Å². The summed E-state index contributed by atoms with van der Waals surface area (Å²) in [5, 5.41) is 0. The maximum absolute atomic E-state index is 11.6. The Morgan fingerprint density at radius 1 is 1.42 bits per heavy atom. The molecule has 0 aromatic heterocycles. The largest absolute Gasteiger partial charge is 0.489 e. The zero-order chi connectivity index (χ0) is 14.4. The second-order valence-electron chi connectivity index (χ2n) is 4.30. The molecule has 19 heavy (non-hydrogen) atoms. The van der Waals surface area contributed by atoms with Crippen molar-refractivity contribution in [3.05, 3.63) is 22.2 Å². The Morgan fingerprint density at radius 2 is 2.11 bits per heavy atom. The zero-order valence-electron chi connectivity index (χ0n) is 11.5. The average Bonchev–Trinajstić information content (AvgIpc) is 2.40. The number of methoxy groups -OCH3 is 1. The van der Waals surface area contributed by atoms with Gasteiger partial charge in [0.15, 0.2) is 0 Å². The van der Waals surface area contributed by atoms with Crippen molar-refractivity contribution in [3.63, 3.8) is 0 Å². The lowest BCUT2D eigenvalue weighted by Gasteiger charge is -2.19. The first-order valence-electron chi connectivity index (χ1n) is 6.37. The van der Waals surface area contributed by atoms with Crippen molar-refractivity contribution in [2.75, 3.05) is 12.8 Å². The van der Waals surface area contributed by atoms with Gasteiger partial charge < -0.3 is 15.2 Å². The van der Waals surface area contributed by atoms with E-state index in [1.54, 1.807) is 12.1 Å². The Kier molecular flexibility index (Phi) is 6.15. The van der Waals surface area contributed by atoms with Crippen molar-refractivity contribution in [2.45, 2.75) is 39.2 Å². The molecule has 0 saturated carbocycles. The zero-order valence-corrected chi connectivity index (χ0v) is 13.1. The number of nitrogens with two attached hydrogens (primary N) is 1. The fraction of sp³-hybridized carbons (Fsp3) is 0.500. The minimum atomic E-state index is -0.460. The van der Waals surface area contributed by atoms with E-state index in [0.29, 0.717) is 17.0 Å². The number of esters is 1. The number of carbonyl (C=O) groups is 1. The summed E-state index contributed by atoms with van der Waals surface area (Å²) < 4.78 is 11.4. The number of nitrogen functional groups attached to an aromatic ring is 1. The smallest absolute Gasteiger partial charge is 0.340 e. The van der Waals surface area contributed by atoms with Gasteiger partial charge in [0.2, 0.25) is 0 Å². The van der Waals surface area contributed by atoms with Crippen LogP contribution in [-0.4, -0.2) is 19.2 Å². The molecule has 0 bridgehead atoms. The van der Waals surface area contributed by atoms with E-state index in [9.17, 15) is 4.79 Å². The molecular formula is C14H20BrNO3. The lowest BCUT2D eigenvalue weighted by atomic mass is 10.1. The van der Waals surface area contributed by atoms with Gasteiger partial charge in [-0.3, -0.25) is 0 Å². The van der Waals surface area contributed by atoms with E-state index >= 15 is 0 Å². The highest BCUT2D eigenvalue weighted by atomic mass is 79.9. The number of carbonyl (C=O) groups excluding carboxylic acids is 1. The monoisotopic (exact) mass is 329 g/mol. The molecule has 1 unspecified atom stereocenters.